The van der Waals surface area contributed by atoms with Crippen LogP contribution in [0.15, 0.2) is 77.7 Å². The minimum atomic E-state index is -4.37. The van der Waals surface area contributed by atoms with E-state index in [1.54, 1.807) is 18.7 Å². The second-order valence-electron chi connectivity index (χ2n) is 9.55. The molecule has 1 aromatic heterocycles. The fourth-order valence-corrected chi connectivity index (χ4v) is 7.03. The van der Waals surface area contributed by atoms with Gasteiger partial charge in [-0.2, -0.15) is 13.2 Å². The Morgan fingerprint density at radius 1 is 1.02 bits per heavy atom. The molecule has 1 atom stereocenters. The third-order valence-corrected chi connectivity index (χ3v) is 9.19. The van der Waals surface area contributed by atoms with Crippen molar-refractivity contribution in [1.82, 2.24) is 4.98 Å². The molecule has 0 radical (unpaired) electrons. The first kappa shape index (κ1) is 30.7. The van der Waals surface area contributed by atoms with Gasteiger partial charge in [0.05, 0.1) is 17.9 Å². The van der Waals surface area contributed by atoms with Crippen LogP contribution in [0, 0.1) is 13.8 Å². The lowest BCUT2D eigenvalue weighted by Gasteiger charge is -2.17. The van der Waals surface area contributed by atoms with E-state index in [0.29, 0.717) is 22.9 Å². The van der Waals surface area contributed by atoms with Gasteiger partial charge < -0.3 is 9.47 Å². The van der Waals surface area contributed by atoms with Gasteiger partial charge in [-0.25, -0.2) is 9.78 Å². The van der Waals surface area contributed by atoms with E-state index in [2.05, 4.69) is 12.1 Å². The van der Waals surface area contributed by atoms with Crippen LogP contribution in [0.25, 0.3) is 10.6 Å². The third-order valence-electron chi connectivity index (χ3n) is 6.43. The van der Waals surface area contributed by atoms with Gasteiger partial charge in [-0.15, -0.1) is 23.1 Å². The molecular formula is C32H32F3NO3S2. The van der Waals surface area contributed by atoms with Crippen molar-refractivity contribution in [2.24, 2.45) is 0 Å². The number of hydrogen-bond donors (Lipinski definition) is 0. The van der Waals surface area contributed by atoms with Gasteiger partial charge in [0.1, 0.15) is 10.8 Å². The summed E-state index contributed by atoms with van der Waals surface area (Å²) < 4.78 is 49.8. The van der Waals surface area contributed by atoms with Crippen LogP contribution < -0.4 is 4.74 Å². The highest BCUT2D eigenvalue weighted by atomic mass is 32.2. The Morgan fingerprint density at radius 3 is 2.41 bits per heavy atom. The Morgan fingerprint density at radius 2 is 1.76 bits per heavy atom. The van der Waals surface area contributed by atoms with Crippen molar-refractivity contribution in [3.63, 3.8) is 0 Å². The molecule has 216 valence electrons. The highest BCUT2D eigenvalue weighted by Gasteiger charge is 2.30. The summed E-state index contributed by atoms with van der Waals surface area (Å²) in [6.07, 6.45) is -1.56. The molecule has 9 heteroatoms. The zero-order chi connectivity index (χ0) is 29.4. The number of carbonyl (C=O) groups excluding carboxylic acids is 1. The standard InChI is InChI=1S/C32H32F3NO3S2/c1-4-38-29(37)20-39-27-18-17-26(19-21(27)2)40-28(12-8-11-23-9-6-5-7-10-23)30-22(3)36-31(41-30)24-13-15-25(16-14-24)32(33,34)35/h5-7,9-10,13-19,28H,4,8,11-12,20H2,1-3H3. The van der Waals surface area contributed by atoms with E-state index in [0.717, 1.165) is 52.4 Å². The Hall–Kier alpha value is -3.30. The maximum atomic E-state index is 13.1. The predicted molar refractivity (Wildman–Crippen MR) is 159 cm³/mol. The van der Waals surface area contributed by atoms with Crippen LogP contribution in [0.3, 0.4) is 0 Å². The monoisotopic (exact) mass is 599 g/mol. The number of rotatable bonds is 12. The first-order chi connectivity index (χ1) is 19.6. The van der Waals surface area contributed by atoms with Gasteiger partial charge in [-0.05, 0) is 81.5 Å². The minimum Gasteiger partial charge on any atom is -0.482 e. The average molecular weight is 600 g/mol. The summed E-state index contributed by atoms with van der Waals surface area (Å²) in [6, 6.07) is 21.4. The van der Waals surface area contributed by atoms with Gasteiger partial charge in [0.2, 0.25) is 0 Å². The van der Waals surface area contributed by atoms with E-state index in [4.69, 9.17) is 14.5 Å². The van der Waals surface area contributed by atoms with E-state index in [1.807, 2.05) is 50.2 Å². The normalized spacial score (nSPS) is 12.2. The van der Waals surface area contributed by atoms with Crippen LogP contribution in [0.2, 0.25) is 0 Å². The lowest BCUT2D eigenvalue weighted by atomic mass is 10.1. The van der Waals surface area contributed by atoms with Crippen molar-refractivity contribution in [2.75, 3.05) is 13.2 Å². The number of esters is 1. The molecule has 3 aromatic carbocycles. The lowest BCUT2D eigenvalue weighted by Crippen LogP contribution is -2.14. The molecule has 4 rings (SSSR count). The Bertz CT molecular complexity index is 1440. The summed E-state index contributed by atoms with van der Waals surface area (Å²) in [5.74, 6) is 0.218. The number of carbonyl (C=O) groups is 1. The molecule has 0 aliphatic carbocycles. The number of alkyl halides is 3. The maximum absolute atomic E-state index is 13.1. The van der Waals surface area contributed by atoms with Crippen molar-refractivity contribution in [2.45, 2.75) is 56.4 Å². The van der Waals surface area contributed by atoms with E-state index in [9.17, 15) is 18.0 Å². The van der Waals surface area contributed by atoms with Crippen molar-refractivity contribution >= 4 is 29.1 Å². The molecule has 0 aliphatic rings. The van der Waals surface area contributed by atoms with E-state index >= 15 is 0 Å². The molecule has 4 nitrogen and oxygen atoms in total. The zero-order valence-electron chi connectivity index (χ0n) is 23.2. The molecular weight excluding hydrogens is 567 g/mol. The highest BCUT2D eigenvalue weighted by Crippen LogP contribution is 2.45. The average Bonchev–Trinajstić information content (AvgIpc) is 3.34. The van der Waals surface area contributed by atoms with Gasteiger partial charge >= 0.3 is 12.1 Å². The summed E-state index contributed by atoms with van der Waals surface area (Å²) in [6.45, 7) is 5.82. The summed E-state index contributed by atoms with van der Waals surface area (Å²) >= 11 is 3.27. The van der Waals surface area contributed by atoms with Gasteiger partial charge in [0, 0.05) is 20.6 Å². The summed E-state index contributed by atoms with van der Waals surface area (Å²) in [7, 11) is 0. The van der Waals surface area contributed by atoms with Crippen LogP contribution in [-0.2, 0) is 22.1 Å². The van der Waals surface area contributed by atoms with Crippen molar-refractivity contribution in [3.05, 3.63) is 100 Å². The number of benzene rings is 3. The fourth-order valence-electron chi connectivity index (χ4n) is 4.37. The van der Waals surface area contributed by atoms with E-state index in [1.165, 1.54) is 29.0 Å². The first-order valence-electron chi connectivity index (χ1n) is 13.4. The number of nitrogens with zero attached hydrogens (tertiary/aromatic N) is 1. The summed E-state index contributed by atoms with van der Waals surface area (Å²) in [5, 5.41) is 0.809. The molecule has 0 bridgehead atoms. The Labute approximate surface area is 246 Å². The molecule has 0 N–H and O–H groups in total. The SMILES string of the molecule is CCOC(=O)COc1ccc(SC(CCCc2ccccc2)c2sc(-c3ccc(C(F)(F)F)cc3)nc2C)cc1C. The molecule has 41 heavy (non-hydrogen) atoms. The van der Waals surface area contributed by atoms with Crippen LogP contribution >= 0.6 is 23.1 Å². The van der Waals surface area contributed by atoms with Crippen LogP contribution in [-0.4, -0.2) is 24.2 Å². The lowest BCUT2D eigenvalue weighted by molar-refractivity contribution is -0.145. The Kier molecular flexibility index (Phi) is 10.5. The highest BCUT2D eigenvalue weighted by molar-refractivity contribution is 7.99. The van der Waals surface area contributed by atoms with Gasteiger partial charge in [0.25, 0.3) is 0 Å². The van der Waals surface area contributed by atoms with Gasteiger partial charge in [0.15, 0.2) is 6.61 Å². The molecule has 1 heterocycles. The fraction of sp³-hybridized carbons (Fsp3) is 0.312. The van der Waals surface area contributed by atoms with Crippen molar-refractivity contribution < 1.29 is 27.4 Å². The number of aryl methyl sites for hydroxylation is 3. The topological polar surface area (TPSA) is 48.4 Å². The molecule has 1 unspecified atom stereocenters. The number of thioether (sulfide) groups is 1. The van der Waals surface area contributed by atoms with E-state index in [-0.39, 0.29) is 11.9 Å². The Balaban J connectivity index is 1.55. The van der Waals surface area contributed by atoms with Crippen molar-refractivity contribution in [3.8, 4) is 16.3 Å². The quantitative estimate of drug-likeness (QED) is 0.120. The molecule has 0 amide bonds. The smallest absolute Gasteiger partial charge is 0.416 e. The maximum Gasteiger partial charge on any atom is 0.416 e. The summed E-state index contributed by atoms with van der Waals surface area (Å²) in [5.41, 5.74) is 3.07. The second kappa shape index (κ2) is 14.0. The molecule has 0 spiro atoms. The zero-order valence-corrected chi connectivity index (χ0v) is 24.8. The van der Waals surface area contributed by atoms with Gasteiger partial charge in [-0.1, -0.05) is 42.5 Å². The number of halogens is 3. The minimum absolute atomic E-state index is 0.102. The molecule has 0 aliphatic heterocycles. The number of aromatic nitrogens is 1. The van der Waals surface area contributed by atoms with Gasteiger partial charge in [-0.3, -0.25) is 0 Å². The number of hydrogen-bond acceptors (Lipinski definition) is 6. The third kappa shape index (κ3) is 8.60. The largest absolute Gasteiger partial charge is 0.482 e. The second-order valence-corrected chi connectivity index (χ2v) is 11.9. The number of ether oxygens (including phenoxy) is 2. The predicted octanol–water partition coefficient (Wildman–Crippen LogP) is 9.24. The van der Waals surface area contributed by atoms with Crippen LogP contribution in [0.5, 0.6) is 5.75 Å². The first-order valence-corrected chi connectivity index (χ1v) is 15.1. The molecule has 0 saturated heterocycles. The molecule has 0 fully saturated rings. The van der Waals surface area contributed by atoms with Crippen LogP contribution in [0.1, 0.15) is 52.3 Å². The molecule has 4 aromatic rings. The van der Waals surface area contributed by atoms with Crippen molar-refractivity contribution in [1.29, 1.82) is 0 Å². The summed E-state index contributed by atoms with van der Waals surface area (Å²) in [4.78, 5) is 18.6. The number of thiazole rings is 1. The van der Waals surface area contributed by atoms with E-state index < -0.39 is 17.7 Å². The molecule has 0 saturated carbocycles. The van der Waals surface area contributed by atoms with Crippen LogP contribution in [0.4, 0.5) is 13.2 Å².